The van der Waals surface area contributed by atoms with Gasteiger partial charge in [0.1, 0.15) is 0 Å². The van der Waals surface area contributed by atoms with E-state index in [1.165, 1.54) is 43.4 Å². The molecular weight excluding hydrogens is 372 g/mol. The molecule has 0 aliphatic carbocycles. The molecule has 0 aliphatic heterocycles. The SMILES string of the molecule is CCCCCCCC/C=C(\Sc1ccccc1)[Si](OCC)(OCC)OCC. The van der Waals surface area contributed by atoms with Crippen LogP contribution < -0.4 is 0 Å². The van der Waals surface area contributed by atoms with Gasteiger partial charge in [-0.2, -0.15) is 0 Å². The molecule has 1 rings (SSSR count). The third-order valence-electron chi connectivity index (χ3n) is 4.16. The highest BCUT2D eigenvalue weighted by molar-refractivity contribution is 8.05. The van der Waals surface area contributed by atoms with Crippen LogP contribution in [-0.2, 0) is 13.3 Å². The molecule has 27 heavy (non-hydrogen) atoms. The summed E-state index contributed by atoms with van der Waals surface area (Å²) in [5.41, 5.74) is 0. The zero-order valence-electron chi connectivity index (χ0n) is 17.7. The zero-order valence-corrected chi connectivity index (χ0v) is 19.5. The van der Waals surface area contributed by atoms with E-state index in [-0.39, 0.29) is 0 Å². The Balaban J connectivity index is 2.90. The highest BCUT2D eigenvalue weighted by atomic mass is 32.2. The van der Waals surface area contributed by atoms with Crippen LogP contribution >= 0.6 is 11.8 Å². The Morgan fingerprint density at radius 3 is 1.93 bits per heavy atom. The quantitative estimate of drug-likeness (QED) is 0.166. The Bertz CT molecular complexity index is 491. The minimum atomic E-state index is -2.86. The van der Waals surface area contributed by atoms with Gasteiger partial charge in [0.15, 0.2) is 0 Å². The Morgan fingerprint density at radius 2 is 1.37 bits per heavy atom. The third kappa shape index (κ3) is 9.44. The van der Waals surface area contributed by atoms with Gasteiger partial charge in [-0.3, -0.25) is 0 Å². The van der Waals surface area contributed by atoms with Crippen molar-refractivity contribution in [1.29, 1.82) is 0 Å². The molecule has 0 N–H and O–H groups in total. The van der Waals surface area contributed by atoms with E-state index in [1.807, 2.05) is 26.8 Å². The molecule has 0 unspecified atom stereocenters. The van der Waals surface area contributed by atoms with Gasteiger partial charge in [0.2, 0.25) is 0 Å². The molecule has 0 radical (unpaired) electrons. The number of allylic oxidation sites excluding steroid dienone is 1. The van der Waals surface area contributed by atoms with E-state index in [4.69, 9.17) is 13.3 Å². The molecule has 0 saturated heterocycles. The lowest BCUT2D eigenvalue weighted by molar-refractivity contribution is 0.0831. The molecule has 5 heteroatoms. The van der Waals surface area contributed by atoms with E-state index in [0.717, 1.165) is 10.9 Å². The molecule has 0 aromatic heterocycles. The second-order valence-corrected chi connectivity index (χ2v) is 10.4. The molecule has 1 aromatic rings. The second kappa shape index (κ2) is 15.3. The summed E-state index contributed by atoms with van der Waals surface area (Å²) >= 11 is 1.74. The molecule has 0 atom stereocenters. The fourth-order valence-corrected chi connectivity index (χ4v) is 7.25. The van der Waals surface area contributed by atoms with Crippen molar-refractivity contribution in [2.45, 2.75) is 77.5 Å². The smallest absolute Gasteiger partial charge is 0.370 e. The number of unbranched alkanes of at least 4 members (excludes halogenated alkanes) is 6. The molecule has 0 fully saturated rings. The number of thioether (sulfide) groups is 1. The van der Waals surface area contributed by atoms with E-state index in [1.54, 1.807) is 11.8 Å². The summed E-state index contributed by atoms with van der Waals surface area (Å²) in [6.45, 7) is 10.1. The van der Waals surface area contributed by atoms with E-state index < -0.39 is 8.80 Å². The number of benzene rings is 1. The molecule has 3 nitrogen and oxygen atoms in total. The number of rotatable bonds is 16. The van der Waals surface area contributed by atoms with Crippen LogP contribution in [0.2, 0.25) is 0 Å². The topological polar surface area (TPSA) is 27.7 Å². The molecule has 0 aliphatic rings. The van der Waals surface area contributed by atoms with Gasteiger partial charge in [0, 0.05) is 24.7 Å². The summed E-state index contributed by atoms with van der Waals surface area (Å²) in [6.07, 6.45) is 11.2. The van der Waals surface area contributed by atoms with Crippen molar-refractivity contribution in [2.75, 3.05) is 19.8 Å². The van der Waals surface area contributed by atoms with E-state index >= 15 is 0 Å². The Labute approximate surface area is 172 Å². The van der Waals surface area contributed by atoms with Crippen molar-refractivity contribution in [3.63, 3.8) is 0 Å². The van der Waals surface area contributed by atoms with Gasteiger partial charge >= 0.3 is 8.80 Å². The fourth-order valence-electron chi connectivity index (χ4n) is 2.91. The first kappa shape index (κ1) is 24.4. The molecule has 0 spiro atoms. The lowest BCUT2D eigenvalue weighted by Gasteiger charge is -2.30. The van der Waals surface area contributed by atoms with Crippen molar-refractivity contribution in [2.24, 2.45) is 0 Å². The van der Waals surface area contributed by atoms with Gasteiger partial charge in [0.05, 0.1) is 4.53 Å². The molecule has 0 bridgehead atoms. The number of hydrogen-bond acceptors (Lipinski definition) is 4. The molecule has 1 aromatic carbocycles. The largest absolute Gasteiger partial charge is 0.543 e. The van der Waals surface area contributed by atoms with Crippen LogP contribution in [0.1, 0.15) is 72.6 Å². The lowest BCUT2D eigenvalue weighted by Crippen LogP contribution is -2.47. The van der Waals surface area contributed by atoms with Crippen molar-refractivity contribution in [3.8, 4) is 0 Å². The van der Waals surface area contributed by atoms with Gasteiger partial charge < -0.3 is 13.3 Å². The van der Waals surface area contributed by atoms with Crippen LogP contribution in [-0.4, -0.2) is 28.6 Å². The van der Waals surface area contributed by atoms with Crippen molar-refractivity contribution >= 4 is 20.6 Å². The Kier molecular flexibility index (Phi) is 13.9. The minimum Gasteiger partial charge on any atom is -0.370 e. The summed E-state index contributed by atoms with van der Waals surface area (Å²) in [5.74, 6) is 0. The van der Waals surface area contributed by atoms with E-state index in [9.17, 15) is 0 Å². The highest BCUT2D eigenvalue weighted by Crippen LogP contribution is 2.36. The van der Waals surface area contributed by atoms with Crippen LogP contribution in [0.25, 0.3) is 0 Å². The van der Waals surface area contributed by atoms with Crippen molar-refractivity contribution in [1.82, 2.24) is 0 Å². The monoisotopic (exact) mass is 410 g/mol. The first-order valence-corrected chi connectivity index (χ1v) is 13.1. The van der Waals surface area contributed by atoms with E-state index in [2.05, 4.69) is 37.3 Å². The zero-order chi connectivity index (χ0) is 19.8. The number of hydrogen-bond donors (Lipinski definition) is 0. The van der Waals surface area contributed by atoms with Gasteiger partial charge in [-0.15, -0.1) is 0 Å². The summed E-state index contributed by atoms with van der Waals surface area (Å²) in [4.78, 5) is 1.20. The maximum Gasteiger partial charge on any atom is 0.543 e. The standard InChI is InChI=1S/C22H38O3SSi/c1-5-9-10-11-12-13-17-20-22(26-21-18-15-14-16-19-21)27(23-6-2,24-7-3)25-8-4/h14-16,18-20H,5-13,17H2,1-4H3/b22-20+. The van der Waals surface area contributed by atoms with Gasteiger partial charge in [0.25, 0.3) is 0 Å². The molecule has 0 saturated carbocycles. The van der Waals surface area contributed by atoms with Gasteiger partial charge in [-0.1, -0.05) is 75.1 Å². The van der Waals surface area contributed by atoms with Crippen molar-refractivity contribution in [3.05, 3.63) is 40.9 Å². The van der Waals surface area contributed by atoms with Gasteiger partial charge in [-0.05, 0) is 45.7 Å². The lowest BCUT2D eigenvalue weighted by atomic mass is 10.1. The Morgan fingerprint density at radius 1 is 0.815 bits per heavy atom. The molecular formula is C22H38O3SSi. The maximum absolute atomic E-state index is 6.16. The Hall–Kier alpha value is -0.593. The van der Waals surface area contributed by atoms with Crippen LogP contribution in [0.5, 0.6) is 0 Å². The average molecular weight is 411 g/mol. The summed E-state index contributed by atoms with van der Waals surface area (Å²) < 4.78 is 19.6. The van der Waals surface area contributed by atoms with Crippen molar-refractivity contribution < 1.29 is 13.3 Å². The normalized spacial score (nSPS) is 12.5. The first-order chi connectivity index (χ1) is 13.2. The molecule has 0 heterocycles. The summed E-state index contributed by atoms with van der Waals surface area (Å²) in [6, 6.07) is 10.4. The summed E-state index contributed by atoms with van der Waals surface area (Å²) in [5, 5.41) is 0. The van der Waals surface area contributed by atoms with Crippen LogP contribution in [0.15, 0.2) is 45.8 Å². The predicted molar refractivity (Wildman–Crippen MR) is 119 cm³/mol. The fraction of sp³-hybridized carbons (Fsp3) is 0.636. The predicted octanol–water partition coefficient (Wildman–Crippen LogP) is 7.00. The highest BCUT2D eigenvalue weighted by Gasteiger charge is 2.45. The van der Waals surface area contributed by atoms with Crippen LogP contribution in [0.4, 0.5) is 0 Å². The second-order valence-electron chi connectivity index (χ2n) is 6.40. The van der Waals surface area contributed by atoms with Crippen LogP contribution in [0, 0.1) is 0 Å². The molecule has 0 amide bonds. The molecule has 154 valence electrons. The first-order valence-electron chi connectivity index (χ1n) is 10.6. The van der Waals surface area contributed by atoms with E-state index in [0.29, 0.717) is 19.8 Å². The maximum atomic E-state index is 6.16. The minimum absolute atomic E-state index is 0.593. The average Bonchev–Trinajstić information content (AvgIpc) is 2.67. The van der Waals surface area contributed by atoms with Gasteiger partial charge in [-0.25, -0.2) is 0 Å². The summed E-state index contributed by atoms with van der Waals surface area (Å²) in [7, 11) is -2.86. The third-order valence-corrected chi connectivity index (χ3v) is 8.93. The van der Waals surface area contributed by atoms with Crippen LogP contribution in [0.3, 0.4) is 0 Å².